The van der Waals surface area contributed by atoms with Crippen molar-refractivity contribution in [2.45, 2.75) is 19.9 Å². The van der Waals surface area contributed by atoms with E-state index >= 15 is 0 Å². The summed E-state index contributed by atoms with van der Waals surface area (Å²) < 4.78 is 13.0. The van der Waals surface area contributed by atoms with Crippen LogP contribution in [-0.2, 0) is 13.0 Å². The van der Waals surface area contributed by atoms with Crippen molar-refractivity contribution in [2.24, 2.45) is 0 Å². The molecule has 0 aliphatic rings. The van der Waals surface area contributed by atoms with Crippen LogP contribution in [0.3, 0.4) is 0 Å². The summed E-state index contributed by atoms with van der Waals surface area (Å²) in [6, 6.07) is 8.57. The molecule has 0 bridgehead atoms. The summed E-state index contributed by atoms with van der Waals surface area (Å²) >= 11 is 1.77. The Kier molecular flexibility index (Phi) is 3.64. The summed E-state index contributed by atoms with van der Waals surface area (Å²) in [7, 11) is 0. The molecule has 0 fully saturated rings. The van der Waals surface area contributed by atoms with Crippen LogP contribution in [0.1, 0.15) is 16.7 Å². The Labute approximate surface area is 104 Å². The second-order valence-electron chi connectivity index (χ2n) is 3.81. The smallest absolute Gasteiger partial charge is 0.125 e. The van der Waals surface area contributed by atoms with E-state index in [1.807, 2.05) is 0 Å². The molecule has 0 unspecified atom stereocenters. The van der Waals surface area contributed by atoms with Gasteiger partial charge in [0.05, 0.1) is 11.4 Å². The highest BCUT2D eigenvalue weighted by Gasteiger charge is 2.02. The maximum Gasteiger partial charge on any atom is 0.125 e. The van der Waals surface area contributed by atoms with Gasteiger partial charge in [0.25, 0.3) is 0 Å². The quantitative estimate of drug-likeness (QED) is 0.813. The number of halogens is 1. The first-order chi connectivity index (χ1) is 8.19. The summed E-state index contributed by atoms with van der Waals surface area (Å²) in [4.78, 5) is 2.58. The van der Waals surface area contributed by atoms with Gasteiger partial charge in [0.15, 0.2) is 0 Å². The standard InChI is InChI=1S/C13H15FN2S/c1-2-10-4-5-11(17-10)8-16-13-7-9(14)3-6-12(13)15/h3-7,16H,2,8,15H2,1H3. The van der Waals surface area contributed by atoms with Crippen LogP contribution < -0.4 is 11.1 Å². The van der Waals surface area contributed by atoms with Gasteiger partial charge in [0, 0.05) is 16.3 Å². The number of hydrogen-bond donors (Lipinski definition) is 2. The predicted octanol–water partition coefficient (Wildman–Crippen LogP) is 3.64. The van der Waals surface area contributed by atoms with Gasteiger partial charge < -0.3 is 11.1 Å². The summed E-state index contributed by atoms with van der Waals surface area (Å²) in [6.45, 7) is 2.81. The molecule has 0 saturated carbocycles. The van der Waals surface area contributed by atoms with Gasteiger partial charge in [-0.05, 0) is 36.8 Å². The third-order valence-corrected chi connectivity index (χ3v) is 3.76. The lowest BCUT2D eigenvalue weighted by molar-refractivity contribution is 0.628. The second-order valence-corrected chi connectivity index (χ2v) is 5.06. The van der Waals surface area contributed by atoms with Gasteiger partial charge in [-0.2, -0.15) is 0 Å². The molecule has 90 valence electrons. The lowest BCUT2D eigenvalue weighted by Gasteiger charge is -2.08. The van der Waals surface area contributed by atoms with E-state index in [1.54, 1.807) is 17.4 Å². The first-order valence-electron chi connectivity index (χ1n) is 5.55. The first kappa shape index (κ1) is 11.9. The maximum atomic E-state index is 13.0. The van der Waals surface area contributed by atoms with Crippen molar-refractivity contribution in [3.8, 4) is 0 Å². The predicted molar refractivity (Wildman–Crippen MR) is 71.8 cm³/mol. The minimum absolute atomic E-state index is 0.276. The zero-order valence-corrected chi connectivity index (χ0v) is 10.5. The Morgan fingerprint density at radius 3 is 2.71 bits per heavy atom. The number of anilines is 2. The van der Waals surface area contributed by atoms with Crippen molar-refractivity contribution in [3.63, 3.8) is 0 Å². The Hall–Kier alpha value is -1.55. The van der Waals surface area contributed by atoms with Crippen molar-refractivity contribution in [1.29, 1.82) is 0 Å². The molecular weight excluding hydrogens is 235 g/mol. The van der Waals surface area contributed by atoms with Crippen LogP contribution in [0.2, 0.25) is 0 Å². The average molecular weight is 250 g/mol. The highest BCUT2D eigenvalue weighted by atomic mass is 32.1. The van der Waals surface area contributed by atoms with E-state index in [0.717, 1.165) is 6.42 Å². The van der Waals surface area contributed by atoms with E-state index in [1.165, 1.54) is 21.9 Å². The van der Waals surface area contributed by atoms with E-state index in [2.05, 4.69) is 24.4 Å². The molecule has 0 atom stereocenters. The monoisotopic (exact) mass is 250 g/mol. The lowest BCUT2D eigenvalue weighted by Crippen LogP contribution is -2.01. The van der Waals surface area contributed by atoms with Crippen molar-refractivity contribution < 1.29 is 4.39 Å². The summed E-state index contributed by atoms with van der Waals surface area (Å²) in [6.07, 6.45) is 1.05. The van der Waals surface area contributed by atoms with E-state index in [9.17, 15) is 4.39 Å². The first-order valence-corrected chi connectivity index (χ1v) is 6.37. The van der Waals surface area contributed by atoms with E-state index < -0.39 is 0 Å². The van der Waals surface area contributed by atoms with Gasteiger partial charge >= 0.3 is 0 Å². The Balaban J connectivity index is 2.04. The number of rotatable bonds is 4. The highest BCUT2D eigenvalue weighted by molar-refractivity contribution is 7.12. The van der Waals surface area contributed by atoms with Crippen LogP contribution in [0, 0.1) is 5.82 Å². The Morgan fingerprint density at radius 2 is 2.00 bits per heavy atom. The summed E-state index contributed by atoms with van der Waals surface area (Å²) in [5.74, 6) is -0.276. The molecule has 0 spiro atoms. The van der Waals surface area contributed by atoms with Gasteiger partial charge in [-0.15, -0.1) is 11.3 Å². The SMILES string of the molecule is CCc1ccc(CNc2cc(F)ccc2N)s1. The maximum absolute atomic E-state index is 13.0. The zero-order valence-electron chi connectivity index (χ0n) is 9.66. The number of benzene rings is 1. The molecule has 0 radical (unpaired) electrons. The Morgan fingerprint density at radius 1 is 1.24 bits per heavy atom. The normalized spacial score (nSPS) is 10.5. The molecule has 1 aromatic carbocycles. The van der Waals surface area contributed by atoms with Crippen molar-refractivity contribution in [1.82, 2.24) is 0 Å². The van der Waals surface area contributed by atoms with Gasteiger partial charge in [-0.25, -0.2) is 4.39 Å². The fourth-order valence-electron chi connectivity index (χ4n) is 1.57. The van der Waals surface area contributed by atoms with Gasteiger partial charge in [-0.3, -0.25) is 0 Å². The lowest BCUT2D eigenvalue weighted by atomic mass is 10.2. The van der Waals surface area contributed by atoms with Crippen LogP contribution in [-0.4, -0.2) is 0 Å². The molecule has 0 aliphatic heterocycles. The third kappa shape index (κ3) is 2.97. The second kappa shape index (κ2) is 5.19. The molecule has 0 saturated heterocycles. The van der Waals surface area contributed by atoms with Gasteiger partial charge in [-0.1, -0.05) is 6.92 Å². The van der Waals surface area contributed by atoms with Crippen LogP contribution >= 0.6 is 11.3 Å². The van der Waals surface area contributed by atoms with Crippen molar-refractivity contribution >= 4 is 22.7 Å². The topological polar surface area (TPSA) is 38.0 Å². The fraction of sp³-hybridized carbons (Fsp3) is 0.231. The fourth-order valence-corrected chi connectivity index (χ4v) is 2.47. The van der Waals surface area contributed by atoms with Gasteiger partial charge in [0.2, 0.25) is 0 Å². The molecule has 4 heteroatoms. The van der Waals surface area contributed by atoms with Crippen LogP contribution in [0.5, 0.6) is 0 Å². The number of thiophene rings is 1. The number of aryl methyl sites for hydroxylation is 1. The summed E-state index contributed by atoms with van der Waals surface area (Å²) in [5, 5.41) is 3.15. The zero-order chi connectivity index (χ0) is 12.3. The van der Waals surface area contributed by atoms with Gasteiger partial charge in [0.1, 0.15) is 5.82 Å². The number of nitrogen functional groups attached to an aromatic ring is 1. The van der Waals surface area contributed by atoms with Crippen LogP contribution in [0.4, 0.5) is 15.8 Å². The molecule has 0 aliphatic carbocycles. The highest BCUT2D eigenvalue weighted by Crippen LogP contribution is 2.22. The number of nitrogens with two attached hydrogens (primary N) is 1. The molecule has 2 rings (SSSR count). The molecule has 2 aromatic rings. The molecule has 2 nitrogen and oxygen atoms in total. The molecule has 0 amide bonds. The van der Waals surface area contributed by atoms with Crippen LogP contribution in [0.15, 0.2) is 30.3 Å². The van der Waals surface area contributed by atoms with E-state index in [0.29, 0.717) is 17.9 Å². The van der Waals surface area contributed by atoms with Crippen molar-refractivity contribution in [3.05, 3.63) is 45.9 Å². The third-order valence-electron chi connectivity index (χ3n) is 2.53. The van der Waals surface area contributed by atoms with Crippen molar-refractivity contribution in [2.75, 3.05) is 11.1 Å². The largest absolute Gasteiger partial charge is 0.397 e. The molecular formula is C13H15FN2S. The average Bonchev–Trinajstić information content (AvgIpc) is 2.78. The molecule has 1 heterocycles. The minimum Gasteiger partial charge on any atom is -0.397 e. The molecule has 1 aromatic heterocycles. The van der Waals surface area contributed by atoms with Crippen LogP contribution in [0.25, 0.3) is 0 Å². The minimum atomic E-state index is -0.276. The molecule has 17 heavy (non-hydrogen) atoms. The number of nitrogens with one attached hydrogen (secondary N) is 1. The van der Waals surface area contributed by atoms with E-state index in [-0.39, 0.29) is 5.82 Å². The summed E-state index contributed by atoms with van der Waals surface area (Å²) in [5.41, 5.74) is 6.98. The number of hydrogen-bond acceptors (Lipinski definition) is 3. The van der Waals surface area contributed by atoms with E-state index in [4.69, 9.17) is 5.73 Å². The molecule has 3 N–H and O–H groups in total. The Bertz CT molecular complexity index is 508.